The summed E-state index contributed by atoms with van der Waals surface area (Å²) >= 11 is 1.77. The predicted molar refractivity (Wildman–Crippen MR) is 94.0 cm³/mol. The van der Waals surface area contributed by atoms with E-state index in [1.165, 1.54) is 0 Å². The molecule has 3 aromatic rings. The second kappa shape index (κ2) is 5.14. The summed E-state index contributed by atoms with van der Waals surface area (Å²) in [7, 11) is 0. The number of fused-ring (bicyclic) bond motifs is 2. The van der Waals surface area contributed by atoms with Crippen LogP contribution in [0.15, 0.2) is 58.9 Å². The van der Waals surface area contributed by atoms with Crippen molar-refractivity contribution in [1.82, 2.24) is 4.98 Å². The average molecular weight is 306 g/mol. The van der Waals surface area contributed by atoms with Crippen LogP contribution in [-0.2, 0) is 0 Å². The van der Waals surface area contributed by atoms with Gasteiger partial charge < -0.3 is 5.73 Å². The normalized spacial score (nSPS) is 17.4. The molecule has 22 heavy (non-hydrogen) atoms. The third-order valence-corrected chi connectivity index (χ3v) is 5.13. The molecule has 0 saturated heterocycles. The van der Waals surface area contributed by atoms with Crippen molar-refractivity contribution in [3.05, 3.63) is 69.9 Å². The highest BCUT2D eigenvalue weighted by Crippen LogP contribution is 2.38. The third kappa shape index (κ3) is 2.16. The fourth-order valence-electron chi connectivity index (χ4n) is 2.81. The Hall–Kier alpha value is -2.33. The monoisotopic (exact) mass is 306 g/mol. The quantitative estimate of drug-likeness (QED) is 0.690. The molecule has 0 bridgehead atoms. The molecular weight excluding hydrogens is 292 g/mol. The lowest BCUT2D eigenvalue weighted by Gasteiger charge is -2.08. The molecule has 1 aliphatic heterocycles. The van der Waals surface area contributed by atoms with E-state index in [0.29, 0.717) is 21.7 Å². The van der Waals surface area contributed by atoms with E-state index < -0.39 is 0 Å². The van der Waals surface area contributed by atoms with Crippen molar-refractivity contribution in [3.63, 3.8) is 0 Å². The van der Waals surface area contributed by atoms with Crippen molar-refractivity contribution in [2.24, 2.45) is 0 Å². The number of aromatic nitrogens is 1. The molecule has 0 fully saturated rings. The Balaban J connectivity index is 2.04. The summed E-state index contributed by atoms with van der Waals surface area (Å²) in [6, 6.07) is 11.2. The number of thioether (sulfide) groups is 1. The number of nitrogen functional groups attached to an aromatic ring is 1. The zero-order valence-corrected chi connectivity index (χ0v) is 12.6. The first-order valence-electron chi connectivity index (χ1n) is 7.15. The van der Waals surface area contributed by atoms with Gasteiger partial charge >= 0.3 is 0 Å². The first-order chi connectivity index (χ1) is 10.7. The van der Waals surface area contributed by atoms with E-state index in [2.05, 4.69) is 16.5 Å². The highest BCUT2D eigenvalue weighted by molar-refractivity contribution is 8.02. The summed E-state index contributed by atoms with van der Waals surface area (Å²) in [6.07, 6.45) is 5.02. The summed E-state index contributed by atoms with van der Waals surface area (Å²) in [4.78, 5) is 17.4. The van der Waals surface area contributed by atoms with E-state index in [0.717, 1.165) is 22.9 Å². The van der Waals surface area contributed by atoms with E-state index in [1.54, 1.807) is 17.8 Å². The van der Waals surface area contributed by atoms with Gasteiger partial charge in [0.05, 0.1) is 5.52 Å². The highest BCUT2D eigenvalue weighted by Gasteiger charge is 2.15. The van der Waals surface area contributed by atoms with Gasteiger partial charge in [0.1, 0.15) is 0 Å². The van der Waals surface area contributed by atoms with E-state index in [-0.39, 0.29) is 5.43 Å². The van der Waals surface area contributed by atoms with Gasteiger partial charge in [0.25, 0.3) is 0 Å². The topological polar surface area (TPSA) is 56.0 Å². The Morgan fingerprint density at radius 2 is 2.00 bits per heavy atom. The maximum absolute atomic E-state index is 12.9. The molecule has 0 saturated carbocycles. The van der Waals surface area contributed by atoms with Crippen molar-refractivity contribution in [2.45, 2.75) is 11.7 Å². The SMILES string of the molecule is Nc1ccc2ccc3ncc(C4CC=CS4)cc3c(=O)c2c1. The fraction of sp³-hybridized carbons (Fsp3) is 0.111. The lowest BCUT2D eigenvalue weighted by atomic mass is 10.1. The second-order valence-corrected chi connectivity index (χ2v) is 6.56. The van der Waals surface area contributed by atoms with Gasteiger partial charge in [0.15, 0.2) is 5.43 Å². The van der Waals surface area contributed by atoms with Crippen LogP contribution >= 0.6 is 11.8 Å². The van der Waals surface area contributed by atoms with Gasteiger partial charge in [-0.3, -0.25) is 9.78 Å². The number of pyridine rings is 1. The molecule has 1 unspecified atom stereocenters. The van der Waals surface area contributed by atoms with E-state index in [1.807, 2.05) is 36.5 Å². The van der Waals surface area contributed by atoms with Crippen molar-refractivity contribution < 1.29 is 0 Å². The second-order valence-electron chi connectivity index (χ2n) is 5.44. The molecule has 0 spiro atoms. The van der Waals surface area contributed by atoms with Crippen LogP contribution in [0.25, 0.3) is 21.7 Å². The molecule has 3 nitrogen and oxygen atoms in total. The molecule has 4 rings (SSSR count). The first-order valence-corrected chi connectivity index (χ1v) is 8.09. The van der Waals surface area contributed by atoms with Crippen molar-refractivity contribution in [2.75, 3.05) is 5.73 Å². The van der Waals surface area contributed by atoms with Gasteiger partial charge in [-0.1, -0.05) is 18.2 Å². The van der Waals surface area contributed by atoms with Crippen molar-refractivity contribution in [3.8, 4) is 0 Å². The van der Waals surface area contributed by atoms with Crippen LogP contribution < -0.4 is 11.2 Å². The molecule has 2 heterocycles. The molecule has 4 heteroatoms. The van der Waals surface area contributed by atoms with E-state index >= 15 is 0 Å². The van der Waals surface area contributed by atoms with Crippen LogP contribution in [0.1, 0.15) is 17.2 Å². The number of allylic oxidation sites excluding steroid dienone is 1. The van der Waals surface area contributed by atoms with Crippen molar-refractivity contribution in [1.29, 1.82) is 0 Å². The molecule has 2 aromatic carbocycles. The molecule has 0 aliphatic carbocycles. The fourth-order valence-corrected chi connectivity index (χ4v) is 3.73. The number of rotatable bonds is 1. The van der Waals surface area contributed by atoms with Gasteiger partial charge in [-0.25, -0.2) is 0 Å². The average Bonchev–Trinajstić information content (AvgIpc) is 3.03. The molecule has 2 N–H and O–H groups in total. The standard InChI is InChI=1S/C18H14N2OS/c19-13-5-3-11-4-6-16-15(18(21)14(11)9-13)8-12(10-20-16)17-2-1-7-22-17/h1,3-10,17H,2,19H2. The Bertz CT molecular complexity index is 974. The number of benzene rings is 1. The van der Waals surface area contributed by atoms with Crippen LogP contribution in [0.3, 0.4) is 0 Å². The molecule has 1 atom stereocenters. The summed E-state index contributed by atoms with van der Waals surface area (Å²) in [6.45, 7) is 0. The smallest absolute Gasteiger partial charge is 0.195 e. The maximum Gasteiger partial charge on any atom is 0.195 e. The lowest BCUT2D eigenvalue weighted by Crippen LogP contribution is -2.01. The molecule has 1 aliphatic rings. The highest BCUT2D eigenvalue weighted by atomic mass is 32.2. The minimum Gasteiger partial charge on any atom is -0.399 e. The van der Waals surface area contributed by atoms with Gasteiger partial charge in [0, 0.05) is 27.9 Å². The predicted octanol–water partition coefficient (Wildman–Crippen LogP) is 4.02. The molecule has 0 radical (unpaired) electrons. The van der Waals surface area contributed by atoms with Gasteiger partial charge in [-0.05, 0) is 47.0 Å². The number of hydrogen-bond donors (Lipinski definition) is 1. The van der Waals surface area contributed by atoms with Crippen molar-refractivity contribution >= 4 is 39.1 Å². The third-order valence-electron chi connectivity index (χ3n) is 3.99. The molecule has 108 valence electrons. The largest absolute Gasteiger partial charge is 0.399 e. The summed E-state index contributed by atoms with van der Waals surface area (Å²) in [5.41, 5.74) is 8.26. The van der Waals surface area contributed by atoms with Crippen LogP contribution in [0, 0.1) is 0 Å². The maximum atomic E-state index is 12.9. The van der Waals surface area contributed by atoms with Gasteiger partial charge in [0.2, 0.25) is 0 Å². The molecule has 0 amide bonds. The van der Waals surface area contributed by atoms with E-state index in [4.69, 9.17) is 5.73 Å². The minimum absolute atomic E-state index is 0.00685. The summed E-state index contributed by atoms with van der Waals surface area (Å²) in [5, 5.41) is 4.65. The minimum atomic E-state index is -0.00685. The zero-order chi connectivity index (χ0) is 15.1. The number of hydrogen-bond acceptors (Lipinski definition) is 4. The van der Waals surface area contributed by atoms with Crippen LogP contribution in [0.4, 0.5) is 5.69 Å². The summed E-state index contributed by atoms with van der Waals surface area (Å²) in [5.74, 6) is 0. The lowest BCUT2D eigenvalue weighted by molar-refractivity contribution is 0.983. The number of nitrogens with zero attached hydrogens (tertiary/aromatic N) is 1. The summed E-state index contributed by atoms with van der Waals surface area (Å²) < 4.78 is 0. The number of nitrogens with two attached hydrogens (primary N) is 1. The van der Waals surface area contributed by atoms with E-state index in [9.17, 15) is 4.79 Å². The number of anilines is 1. The van der Waals surface area contributed by atoms with Gasteiger partial charge in [-0.15, -0.1) is 11.8 Å². The Kier molecular flexibility index (Phi) is 3.12. The Morgan fingerprint density at radius 1 is 1.14 bits per heavy atom. The van der Waals surface area contributed by atoms with Gasteiger partial charge in [-0.2, -0.15) is 0 Å². The van der Waals surface area contributed by atoms with Crippen LogP contribution in [0.2, 0.25) is 0 Å². The first kappa shape index (κ1) is 13.3. The molecular formula is C18H14N2OS. The Labute approximate surface area is 131 Å². The van der Waals surface area contributed by atoms with Crippen LogP contribution in [0.5, 0.6) is 0 Å². The zero-order valence-electron chi connectivity index (χ0n) is 11.8. The molecule has 1 aromatic heterocycles. The van der Waals surface area contributed by atoms with Crippen LogP contribution in [-0.4, -0.2) is 4.98 Å². The Morgan fingerprint density at radius 3 is 2.82 bits per heavy atom.